The molecule has 2 aromatic carbocycles. The minimum atomic E-state index is -0.991. The second-order valence-electron chi connectivity index (χ2n) is 3.23. The Balaban J connectivity index is 2.56. The molecule has 0 atom stereocenters. The molecule has 2 aromatic rings. The maximum Gasteiger partial charge on any atom is 0.181 e. The molecule has 0 saturated heterocycles. The molecule has 0 radical (unpaired) electrons. The summed E-state index contributed by atoms with van der Waals surface area (Å²) in [6.45, 7) is 0. The van der Waals surface area contributed by atoms with Crippen LogP contribution < -0.4 is 5.73 Å². The highest BCUT2D eigenvalue weighted by Crippen LogP contribution is 2.25. The zero-order chi connectivity index (χ0) is 10.8. The fourth-order valence-electron chi connectivity index (χ4n) is 1.41. The summed E-state index contributed by atoms with van der Waals surface area (Å²) in [7, 11) is 0. The molecule has 2 N–H and O–H groups in total. The molecular formula is C12H9F2N. The van der Waals surface area contributed by atoms with Crippen LogP contribution in [0.5, 0.6) is 0 Å². The molecule has 0 amide bonds. The maximum absolute atomic E-state index is 13.1. The van der Waals surface area contributed by atoms with Crippen LogP contribution in [0.2, 0.25) is 0 Å². The van der Waals surface area contributed by atoms with Gasteiger partial charge >= 0.3 is 0 Å². The van der Waals surface area contributed by atoms with Gasteiger partial charge in [-0.15, -0.1) is 0 Å². The SMILES string of the molecule is Nc1cc(-c2ccccc2)cc(F)c1F. The first-order chi connectivity index (χ1) is 7.18. The summed E-state index contributed by atoms with van der Waals surface area (Å²) >= 11 is 0. The Hall–Kier alpha value is -1.90. The monoisotopic (exact) mass is 205 g/mol. The predicted octanol–water partition coefficient (Wildman–Crippen LogP) is 3.21. The third-order valence-electron chi connectivity index (χ3n) is 2.16. The Morgan fingerprint density at radius 3 is 2.13 bits per heavy atom. The largest absolute Gasteiger partial charge is 0.396 e. The molecule has 0 unspecified atom stereocenters. The van der Waals surface area contributed by atoms with Gasteiger partial charge < -0.3 is 5.73 Å². The highest BCUT2D eigenvalue weighted by atomic mass is 19.2. The van der Waals surface area contributed by atoms with Crippen molar-refractivity contribution in [2.45, 2.75) is 0 Å². The molecule has 1 nitrogen and oxygen atoms in total. The van der Waals surface area contributed by atoms with E-state index >= 15 is 0 Å². The van der Waals surface area contributed by atoms with Gasteiger partial charge in [0.25, 0.3) is 0 Å². The molecule has 0 fully saturated rings. The number of benzene rings is 2. The fourth-order valence-corrected chi connectivity index (χ4v) is 1.41. The van der Waals surface area contributed by atoms with Gasteiger partial charge in [-0.1, -0.05) is 30.3 Å². The van der Waals surface area contributed by atoms with E-state index in [0.717, 1.165) is 11.6 Å². The Morgan fingerprint density at radius 1 is 0.867 bits per heavy atom. The lowest BCUT2D eigenvalue weighted by Crippen LogP contribution is -1.95. The van der Waals surface area contributed by atoms with Crippen LogP contribution >= 0.6 is 0 Å². The lowest BCUT2D eigenvalue weighted by Gasteiger charge is -2.04. The van der Waals surface area contributed by atoms with E-state index in [1.165, 1.54) is 6.07 Å². The number of rotatable bonds is 1. The van der Waals surface area contributed by atoms with Crippen molar-refractivity contribution in [3.05, 3.63) is 54.1 Å². The van der Waals surface area contributed by atoms with Crippen LogP contribution in [0.25, 0.3) is 11.1 Å². The summed E-state index contributed by atoms with van der Waals surface area (Å²) < 4.78 is 26.0. The van der Waals surface area contributed by atoms with E-state index < -0.39 is 11.6 Å². The van der Waals surface area contributed by atoms with Crippen molar-refractivity contribution in [1.82, 2.24) is 0 Å². The summed E-state index contributed by atoms with van der Waals surface area (Å²) in [4.78, 5) is 0. The summed E-state index contributed by atoms with van der Waals surface area (Å²) in [5, 5.41) is 0. The Morgan fingerprint density at radius 2 is 1.53 bits per heavy atom. The van der Waals surface area contributed by atoms with Crippen molar-refractivity contribution in [2.24, 2.45) is 0 Å². The van der Waals surface area contributed by atoms with Crippen LogP contribution in [0.1, 0.15) is 0 Å². The third-order valence-corrected chi connectivity index (χ3v) is 2.16. The van der Waals surface area contributed by atoms with E-state index in [0.29, 0.717) is 5.56 Å². The lowest BCUT2D eigenvalue weighted by atomic mass is 10.0. The summed E-state index contributed by atoms with van der Waals surface area (Å²) in [5.74, 6) is -1.91. The normalized spacial score (nSPS) is 10.3. The maximum atomic E-state index is 13.1. The Bertz CT molecular complexity index is 457. The van der Waals surface area contributed by atoms with Gasteiger partial charge in [-0.05, 0) is 23.3 Å². The minimum Gasteiger partial charge on any atom is -0.396 e. The number of nitrogens with two attached hydrogens (primary N) is 1. The second kappa shape index (κ2) is 3.69. The smallest absolute Gasteiger partial charge is 0.181 e. The van der Waals surface area contributed by atoms with Crippen LogP contribution in [0.3, 0.4) is 0 Å². The highest BCUT2D eigenvalue weighted by molar-refractivity contribution is 5.67. The molecule has 76 valence electrons. The molecule has 0 aromatic heterocycles. The molecule has 0 aliphatic rings. The lowest BCUT2D eigenvalue weighted by molar-refractivity contribution is 0.512. The average Bonchev–Trinajstić information content (AvgIpc) is 2.26. The first-order valence-electron chi connectivity index (χ1n) is 4.48. The summed E-state index contributed by atoms with van der Waals surface area (Å²) in [6, 6.07) is 11.7. The molecule has 0 spiro atoms. The first-order valence-corrected chi connectivity index (χ1v) is 4.48. The standard InChI is InChI=1S/C12H9F2N/c13-10-6-9(7-11(15)12(10)14)8-4-2-1-3-5-8/h1-7H,15H2. The second-order valence-corrected chi connectivity index (χ2v) is 3.23. The zero-order valence-corrected chi connectivity index (χ0v) is 7.87. The van der Waals surface area contributed by atoms with Gasteiger partial charge in [-0.2, -0.15) is 0 Å². The minimum absolute atomic E-state index is 0.172. The Kier molecular flexibility index (Phi) is 2.37. The van der Waals surface area contributed by atoms with Gasteiger partial charge in [-0.25, -0.2) is 8.78 Å². The highest BCUT2D eigenvalue weighted by Gasteiger charge is 2.08. The van der Waals surface area contributed by atoms with Crippen molar-refractivity contribution in [2.75, 3.05) is 5.73 Å². The van der Waals surface area contributed by atoms with Gasteiger partial charge in [0.2, 0.25) is 0 Å². The summed E-state index contributed by atoms with van der Waals surface area (Å²) in [6.07, 6.45) is 0. The van der Waals surface area contributed by atoms with Crippen LogP contribution in [0.4, 0.5) is 14.5 Å². The molecule has 3 heteroatoms. The molecule has 0 aliphatic carbocycles. The van der Waals surface area contributed by atoms with E-state index in [4.69, 9.17) is 5.73 Å². The average molecular weight is 205 g/mol. The quantitative estimate of drug-likeness (QED) is 0.711. The number of hydrogen-bond donors (Lipinski definition) is 1. The van der Waals surface area contributed by atoms with Crippen LogP contribution in [0, 0.1) is 11.6 Å². The summed E-state index contributed by atoms with van der Waals surface area (Å²) in [5.41, 5.74) is 6.56. The first kappa shape index (κ1) is 9.65. The molecule has 0 bridgehead atoms. The van der Waals surface area contributed by atoms with Crippen molar-refractivity contribution >= 4 is 5.69 Å². The molecule has 15 heavy (non-hydrogen) atoms. The van der Waals surface area contributed by atoms with Gasteiger partial charge in [0.1, 0.15) is 0 Å². The number of nitrogen functional groups attached to an aromatic ring is 1. The fraction of sp³-hybridized carbons (Fsp3) is 0. The zero-order valence-electron chi connectivity index (χ0n) is 7.87. The molecule has 0 heterocycles. The van der Waals surface area contributed by atoms with Gasteiger partial charge in [0.15, 0.2) is 11.6 Å². The van der Waals surface area contributed by atoms with Gasteiger partial charge in [0, 0.05) is 0 Å². The van der Waals surface area contributed by atoms with E-state index in [1.54, 1.807) is 0 Å². The van der Waals surface area contributed by atoms with Crippen molar-refractivity contribution in [3.8, 4) is 11.1 Å². The molecular weight excluding hydrogens is 196 g/mol. The van der Waals surface area contributed by atoms with Crippen molar-refractivity contribution < 1.29 is 8.78 Å². The van der Waals surface area contributed by atoms with E-state index in [-0.39, 0.29) is 5.69 Å². The number of halogens is 2. The van der Waals surface area contributed by atoms with Gasteiger partial charge in [-0.3, -0.25) is 0 Å². The van der Waals surface area contributed by atoms with Gasteiger partial charge in [0.05, 0.1) is 5.69 Å². The number of hydrogen-bond acceptors (Lipinski definition) is 1. The van der Waals surface area contributed by atoms with E-state index in [2.05, 4.69) is 0 Å². The molecule has 0 saturated carbocycles. The van der Waals surface area contributed by atoms with Crippen LogP contribution in [-0.2, 0) is 0 Å². The number of anilines is 1. The third kappa shape index (κ3) is 1.81. The van der Waals surface area contributed by atoms with Crippen molar-refractivity contribution in [3.63, 3.8) is 0 Å². The van der Waals surface area contributed by atoms with Crippen LogP contribution in [-0.4, -0.2) is 0 Å². The van der Waals surface area contributed by atoms with Crippen LogP contribution in [0.15, 0.2) is 42.5 Å². The van der Waals surface area contributed by atoms with E-state index in [9.17, 15) is 8.78 Å². The Labute approximate surface area is 86.2 Å². The molecule has 2 rings (SSSR count). The topological polar surface area (TPSA) is 26.0 Å². The van der Waals surface area contributed by atoms with Crippen molar-refractivity contribution in [1.29, 1.82) is 0 Å². The molecule has 0 aliphatic heterocycles. The predicted molar refractivity (Wildman–Crippen MR) is 56.2 cm³/mol. The van der Waals surface area contributed by atoms with E-state index in [1.807, 2.05) is 30.3 Å².